The molecule has 0 saturated carbocycles. The summed E-state index contributed by atoms with van der Waals surface area (Å²) in [5, 5.41) is 0.913. The minimum absolute atomic E-state index is 0.756. The second-order valence-corrected chi connectivity index (χ2v) is 3.29. The molecule has 0 spiro atoms. The molecule has 0 aromatic carbocycles. The van der Waals surface area contributed by atoms with E-state index in [1.165, 1.54) is 0 Å². The number of anilines is 1. The Labute approximate surface area is 76.9 Å². The highest BCUT2D eigenvalue weighted by atomic mass is 32.2. The van der Waals surface area contributed by atoms with Crippen molar-refractivity contribution < 1.29 is 0 Å². The first-order chi connectivity index (χ1) is 5.84. The van der Waals surface area contributed by atoms with Gasteiger partial charge in [0.25, 0.3) is 0 Å². The third-order valence-corrected chi connectivity index (χ3v) is 2.33. The zero-order valence-corrected chi connectivity index (χ0v) is 7.84. The van der Waals surface area contributed by atoms with Crippen molar-refractivity contribution >= 4 is 17.4 Å². The minimum Gasteiger partial charge on any atom is -0.397 e. The van der Waals surface area contributed by atoms with Gasteiger partial charge in [-0.15, -0.1) is 11.8 Å². The highest BCUT2D eigenvalue weighted by molar-refractivity contribution is 7.99. The molecule has 1 aromatic heterocycles. The lowest BCUT2D eigenvalue weighted by molar-refractivity contribution is 1.14. The Hall–Kier alpha value is -0.960. The lowest BCUT2D eigenvalue weighted by Gasteiger charge is -1.99. The van der Waals surface area contributed by atoms with Crippen LogP contribution in [0.2, 0.25) is 0 Å². The van der Waals surface area contributed by atoms with Gasteiger partial charge in [0.2, 0.25) is 0 Å². The van der Waals surface area contributed by atoms with E-state index in [0.717, 1.165) is 16.5 Å². The van der Waals surface area contributed by atoms with Gasteiger partial charge >= 0.3 is 0 Å². The molecule has 0 saturated heterocycles. The topological polar surface area (TPSA) is 38.9 Å². The quantitative estimate of drug-likeness (QED) is 0.573. The van der Waals surface area contributed by atoms with Crippen molar-refractivity contribution in [3.63, 3.8) is 0 Å². The Bertz CT molecular complexity index is 271. The second-order valence-electron chi connectivity index (χ2n) is 2.28. The predicted molar refractivity (Wildman–Crippen MR) is 54.2 cm³/mol. The fraction of sp³-hybridized carbons (Fsp3) is 0.222. The largest absolute Gasteiger partial charge is 0.397 e. The van der Waals surface area contributed by atoms with Crippen LogP contribution in [0.25, 0.3) is 0 Å². The zero-order valence-electron chi connectivity index (χ0n) is 7.03. The van der Waals surface area contributed by atoms with E-state index in [1.807, 2.05) is 25.1 Å². The van der Waals surface area contributed by atoms with Gasteiger partial charge in [-0.25, -0.2) is 4.98 Å². The minimum atomic E-state index is 0.756. The smallest absolute Gasteiger partial charge is 0.119 e. The maximum atomic E-state index is 5.70. The Morgan fingerprint density at radius 2 is 2.50 bits per heavy atom. The monoisotopic (exact) mass is 180 g/mol. The van der Waals surface area contributed by atoms with Crippen molar-refractivity contribution in [2.75, 3.05) is 11.5 Å². The van der Waals surface area contributed by atoms with Crippen molar-refractivity contribution in [3.05, 3.63) is 30.5 Å². The van der Waals surface area contributed by atoms with Crippen molar-refractivity contribution in [1.82, 2.24) is 4.98 Å². The summed E-state index contributed by atoms with van der Waals surface area (Å²) < 4.78 is 0. The number of pyridine rings is 1. The van der Waals surface area contributed by atoms with Gasteiger partial charge in [0.1, 0.15) is 5.03 Å². The molecule has 0 radical (unpaired) electrons. The van der Waals surface area contributed by atoms with Gasteiger partial charge in [0.05, 0.1) is 5.69 Å². The van der Waals surface area contributed by atoms with Crippen LogP contribution >= 0.6 is 11.8 Å². The van der Waals surface area contributed by atoms with E-state index in [4.69, 9.17) is 5.73 Å². The Morgan fingerprint density at radius 3 is 3.17 bits per heavy atom. The standard InChI is InChI=1S/C9H12N2S/c1-2-3-7-12-9-8(10)5-4-6-11-9/h2-6H,7,10H2,1H3/b3-2+. The van der Waals surface area contributed by atoms with Crippen LogP contribution in [-0.2, 0) is 0 Å². The van der Waals surface area contributed by atoms with E-state index >= 15 is 0 Å². The molecule has 0 aliphatic carbocycles. The number of nitrogens with zero attached hydrogens (tertiary/aromatic N) is 1. The fourth-order valence-corrected chi connectivity index (χ4v) is 1.56. The summed E-state index contributed by atoms with van der Waals surface area (Å²) in [7, 11) is 0. The lowest BCUT2D eigenvalue weighted by atomic mass is 10.4. The van der Waals surface area contributed by atoms with Gasteiger partial charge in [-0.2, -0.15) is 0 Å². The summed E-state index contributed by atoms with van der Waals surface area (Å²) in [6, 6.07) is 3.71. The summed E-state index contributed by atoms with van der Waals surface area (Å²) >= 11 is 1.65. The molecule has 1 aromatic rings. The van der Waals surface area contributed by atoms with E-state index in [-0.39, 0.29) is 0 Å². The molecule has 64 valence electrons. The molecule has 2 nitrogen and oxygen atoms in total. The maximum absolute atomic E-state index is 5.70. The van der Waals surface area contributed by atoms with E-state index in [0.29, 0.717) is 0 Å². The van der Waals surface area contributed by atoms with E-state index in [2.05, 4.69) is 11.1 Å². The summed E-state index contributed by atoms with van der Waals surface area (Å²) in [4.78, 5) is 4.15. The number of nitrogen functional groups attached to an aromatic ring is 1. The van der Waals surface area contributed by atoms with Crippen LogP contribution in [-0.4, -0.2) is 10.7 Å². The average molecular weight is 180 g/mol. The molecule has 0 unspecified atom stereocenters. The van der Waals surface area contributed by atoms with Gasteiger partial charge in [-0.05, 0) is 19.1 Å². The molecule has 0 fully saturated rings. The number of nitrogens with two attached hydrogens (primary N) is 1. The molecule has 0 aliphatic heterocycles. The molecular weight excluding hydrogens is 168 g/mol. The van der Waals surface area contributed by atoms with Crippen LogP contribution in [0.15, 0.2) is 35.5 Å². The maximum Gasteiger partial charge on any atom is 0.119 e. The lowest BCUT2D eigenvalue weighted by Crippen LogP contribution is -1.90. The SMILES string of the molecule is C/C=C/CSc1ncccc1N. The number of rotatable bonds is 3. The average Bonchev–Trinajstić information content (AvgIpc) is 2.09. The molecule has 12 heavy (non-hydrogen) atoms. The van der Waals surface area contributed by atoms with Crippen molar-refractivity contribution in [3.8, 4) is 0 Å². The van der Waals surface area contributed by atoms with Gasteiger partial charge < -0.3 is 5.73 Å². The predicted octanol–water partition coefficient (Wildman–Crippen LogP) is 2.33. The fourth-order valence-electron chi connectivity index (χ4n) is 0.747. The number of aromatic nitrogens is 1. The van der Waals surface area contributed by atoms with Crippen LogP contribution < -0.4 is 5.73 Å². The van der Waals surface area contributed by atoms with Crippen molar-refractivity contribution in [2.24, 2.45) is 0 Å². The summed E-state index contributed by atoms with van der Waals surface area (Å²) in [5.41, 5.74) is 6.45. The second kappa shape index (κ2) is 4.83. The van der Waals surface area contributed by atoms with Gasteiger partial charge in [-0.3, -0.25) is 0 Å². The number of hydrogen-bond donors (Lipinski definition) is 1. The summed E-state index contributed by atoms with van der Waals surface area (Å²) in [6.07, 6.45) is 5.86. The first-order valence-electron chi connectivity index (χ1n) is 3.79. The molecule has 1 heterocycles. The third kappa shape index (κ3) is 2.58. The van der Waals surface area contributed by atoms with Crippen molar-refractivity contribution in [2.45, 2.75) is 11.9 Å². The highest BCUT2D eigenvalue weighted by Gasteiger charge is 1.96. The number of thioether (sulfide) groups is 1. The van der Waals surface area contributed by atoms with Gasteiger partial charge in [-0.1, -0.05) is 12.2 Å². The van der Waals surface area contributed by atoms with Crippen LogP contribution in [0.5, 0.6) is 0 Å². The van der Waals surface area contributed by atoms with E-state index in [1.54, 1.807) is 18.0 Å². The molecule has 2 N–H and O–H groups in total. The van der Waals surface area contributed by atoms with Gasteiger partial charge in [0.15, 0.2) is 0 Å². The summed E-state index contributed by atoms with van der Waals surface area (Å²) in [6.45, 7) is 2.00. The Balaban J connectivity index is 2.57. The molecule has 3 heteroatoms. The van der Waals surface area contributed by atoms with Gasteiger partial charge in [0, 0.05) is 11.9 Å². The molecular formula is C9H12N2S. The molecule has 1 rings (SSSR count). The molecule has 0 amide bonds. The molecule has 0 atom stereocenters. The Kier molecular flexibility index (Phi) is 3.67. The zero-order chi connectivity index (χ0) is 8.81. The number of allylic oxidation sites excluding steroid dienone is 1. The third-order valence-electron chi connectivity index (χ3n) is 1.35. The highest BCUT2D eigenvalue weighted by Crippen LogP contribution is 2.21. The van der Waals surface area contributed by atoms with E-state index < -0.39 is 0 Å². The molecule has 0 bridgehead atoms. The number of hydrogen-bond acceptors (Lipinski definition) is 3. The van der Waals surface area contributed by atoms with Crippen molar-refractivity contribution in [1.29, 1.82) is 0 Å². The van der Waals surface area contributed by atoms with Crippen LogP contribution in [0.4, 0.5) is 5.69 Å². The first-order valence-corrected chi connectivity index (χ1v) is 4.77. The molecule has 0 aliphatic rings. The van der Waals surface area contributed by atoms with Crippen LogP contribution in [0, 0.1) is 0 Å². The van der Waals surface area contributed by atoms with E-state index in [9.17, 15) is 0 Å². The normalized spacial score (nSPS) is 10.8. The van der Waals surface area contributed by atoms with Crippen LogP contribution in [0.1, 0.15) is 6.92 Å². The summed E-state index contributed by atoms with van der Waals surface area (Å²) in [5.74, 6) is 0.928. The van der Waals surface area contributed by atoms with Crippen LogP contribution in [0.3, 0.4) is 0 Å². The Morgan fingerprint density at radius 1 is 1.67 bits per heavy atom. The first kappa shape index (κ1) is 9.13.